The molecule has 2 aliphatic carbocycles. The van der Waals surface area contributed by atoms with Crippen molar-refractivity contribution in [3.8, 4) is 0 Å². The summed E-state index contributed by atoms with van der Waals surface area (Å²) in [5, 5.41) is 0. The summed E-state index contributed by atoms with van der Waals surface area (Å²) >= 11 is 0. The topological polar surface area (TPSA) is 26.0 Å². The molecule has 1 saturated carbocycles. The van der Waals surface area contributed by atoms with Gasteiger partial charge in [0.05, 0.1) is 0 Å². The second-order valence-electron chi connectivity index (χ2n) is 3.67. The molecule has 0 spiro atoms. The quantitative estimate of drug-likeness (QED) is 0.584. The lowest BCUT2D eigenvalue weighted by molar-refractivity contribution is 0.801. The van der Waals surface area contributed by atoms with Crippen molar-refractivity contribution in [2.45, 2.75) is 18.4 Å². The zero-order valence-electron chi connectivity index (χ0n) is 6.33. The van der Waals surface area contributed by atoms with Gasteiger partial charge in [-0.1, -0.05) is 24.3 Å². The first kappa shape index (κ1) is 5.78. The van der Waals surface area contributed by atoms with Gasteiger partial charge in [-0.25, -0.2) is 0 Å². The highest BCUT2D eigenvalue weighted by molar-refractivity contribution is 5.44. The van der Waals surface area contributed by atoms with Crippen LogP contribution in [0.2, 0.25) is 0 Å². The summed E-state index contributed by atoms with van der Waals surface area (Å²) in [6, 6.07) is 9.17. The van der Waals surface area contributed by atoms with Gasteiger partial charge in [0.25, 0.3) is 0 Å². The molecule has 3 atom stereocenters. The molecular weight excluding hydrogens is 134 g/mol. The Labute approximate surface area is 66.2 Å². The van der Waals surface area contributed by atoms with E-state index in [2.05, 4.69) is 24.3 Å². The molecule has 0 unspecified atom stereocenters. The van der Waals surface area contributed by atoms with E-state index >= 15 is 0 Å². The van der Waals surface area contributed by atoms with Gasteiger partial charge < -0.3 is 5.73 Å². The van der Waals surface area contributed by atoms with Crippen LogP contribution in [-0.2, 0) is 6.42 Å². The Balaban J connectivity index is 2.13. The van der Waals surface area contributed by atoms with Gasteiger partial charge in [-0.05, 0) is 23.5 Å². The Hall–Kier alpha value is -0.820. The van der Waals surface area contributed by atoms with E-state index in [-0.39, 0.29) is 0 Å². The van der Waals surface area contributed by atoms with Crippen molar-refractivity contribution in [3.63, 3.8) is 0 Å². The van der Waals surface area contributed by atoms with E-state index in [0.29, 0.717) is 12.0 Å². The van der Waals surface area contributed by atoms with Gasteiger partial charge in [-0.2, -0.15) is 0 Å². The van der Waals surface area contributed by atoms with Crippen LogP contribution in [-0.4, -0.2) is 6.04 Å². The lowest BCUT2D eigenvalue weighted by Crippen LogP contribution is -2.08. The van der Waals surface area contributed by atoms with E-state index in [1.807, 2.05) is 0 Å². The van der Waals surface area contributed by atoms with Gasteiger partial charge in [-0.3, -0.25) is 0 Å². The lowest BCUT2D eigenvalue weighted by atomic mass is 10.1. The van der Waals surface area contributed by atoms with Crippen LogP contribution in [0.15, 0.2) is 24.3 Å². The van der Waals surface area contributed by atoms with Crippen LogP contribution in [0.25, 0.3) is 0 Å². The predicted octanol–water partition coefficient (Wildman–Crippen LogP) is 1.28. The molecular formula is C10H11N. The average Bonchev–Trinajstić information content (AvgIpc) is 2.55. The molecule has 0 bridgehead atoms. The Kier molecular flexibility index (Phi) is 0.878. The molecule has 1 heteroatoms. The first-order chi connectivity index (χ1) is 5.38. The Morgan fingerprint density at radius 1 is 1.27 bits per heavy atom. The molecule has 56 valence electrons. The minimum atomic E-state index is 0.477. The zero-order chi connectivity index (χ0) is 7.42. The van der Waals surface area contributed by atoms with Crippen molar-refractivity contribution >= 4 is 0 Å². The third kappa shape index (κ3) is 0.596. The summed E-state index contributed by atoms with van der Waals surface area (Å²) in [7, 11) is 0. The van der Waals surface area contributed by atoms with Crippen molar-refractivity contribution in [1.82, 2.24) is 0 Å². The molecule has 1 aromatic rings. The standard InChI is InChI=1S/C10H11N/c11-10-8-5-6-3-1-2-4-7(6)9(8)10/h1-4,8-10H,5,11H2/t8-,9-,10+/m1/s1. The van der Waals surface area contributed by atoms with Gasteiger partial charge in [0.1, 0.15) is 0 Å². The summed E-state index contributed by atoms with van der Waals surface area (Å²) in [4.78, 5) is 0. The first-order valence-corrected chi connectivity index (χ1v) is 4.21. The summed E-state index contributed by atoms with van der Waals surface area (Å²) < 4.78 is 0. The van der Waals surface area contributed by atoms with E-state index in [0.717, 1.165) is 5.92 Å². The molecule has 1 aromatic carbocycles. The highest BCUT2D eigenvalue weighted by atomic mass is 14.8. The fourth-order valence-electron chi connectivity index (χ4n) is 2.40. The fourth-order valence-corrected chi connectivity index (χ4v) is 2.40. The minimum Gasteiger partial charge on any atom is -0.327 e. The molecule has 1 nitrogen and oxygen atoms in total. The maximum atomic E-state index is 5.89. The molecule has 11 heavy (non-hydrogen) atoms. The summed E-state index contributed by atoms with van der Waals surface area (Å²) in [6.45, 7) is 0. The average molecular weight is 145 g/mol. The summed E-state index contributed by atoms with van der Waals surface area (Å²) in [5.41, 5.74) is 8.94. The maximum absolute atomic E-state index is 5.89. The van der Waals surface area contributed by atoms with Crippen LogP contribution in [0.4, 0.5) is 0 Å². The van der Waals surface area contributed by atoms with Crippen molar-refractivity contribution in [1.29, 1.82) is 0 Å². The SMILES string of the molecule is N[C@H]1[C@@H]2Cc3ccccc3[C@@H]12. The lowest BCUT2D eigenvalue weighted by Gasteiger charge is -2.02. The number of hydrogen-bond acceptors (Lipinski definition) is 1. The van der Waals surface area contributed by atoms with E-state index in [1.165, 1.54) is 17.5 Å². The minimum absolute atomic E-state index is 0.477. The molecule has 0 saturated heterocycles. The fraction of sp³-hybridized carbons (Fsp3) is 0.400. The largest absolute Gasteiger partial charge is 0.327 e. The molecule has 2 N–H and O–H groups in total. The number of nitrogens with two attached hydrogens (primary N) is 1. The third-order valence-electron chi connectivity index (χ3n) is 3.10. The van der Waals surface area contributed by atoms with Crippen molar-refractivity contribution in [2.75, 3.05) is 0 Å². The van der Waals surface area contributed by atoms with Gasteiger partial charge in [0.15, 0.2) is 0 Å². The van der Waals surface area contributed by atoms with E-state index in [1.54, 1.807) is 0 Å². The molecule has 2 aliphatic rings. The molecule has 3 rings (SSSR count). The normalized spacial score (nSPS) is 38.1. The molecule has 0 aliphatic heterocycles. The third-order valence-corrected chi connectivity index (χ3v) is 3.10. The summed E-state index contributed by atoms with van der Waals surface area (Å²) in [6.07, 6.45) is 1.22. The zero-order valence-corrected chi connectivity index (χ0v) is 6.33. The van der Waals surface area contributed by atoms with Gasteiger partial charge >= 0.3 is 0 Å². The molecule has 1 fully saturated rings. The van der Waals surface area contributed by atoms with Crippen molar-refractivity contribution in [3.05, 3.63) is 35.4 Å². The van der Waals surface area contributed by atoms with Gasteiger partial charge in [0, 0.05) is 12.0 Å². The highest BCUT2D eigenvalue weighted by Gasteiger charge is 2.53. The maximum Gasteiger partial charge on any atom is 0.0149 e. The van der Waals surface area contributed by atoms with Crippen LogP contribution in [0.3, 0.4) is 0 Å². The summed E-state index contributed by atoms with van der Waals surface area (Å²) in [5.74, 6) is 1.50. The number of fused-ring (bicyclic) bond motifs is 3. The van der Waals surface area contributed by atoms with Crippen molar-refractivity contribution < 1.29 is 0 Å². The smallest absolute Gasteiger partial charge is 0.0149 e. The molecule has 0 amide bonds. The van der Waals surface area contributed by atoms with Gasteiger partial charge in [-0.15, -0.1) is 0 Å². The predicted molar refractivity (Wildman–Crippen MR) is 44.4 cm³/mol. The number of benzene rings is 1. The van der Waals surface area contributed by atoms with E-state index < -0.39 is 0 Å². The van der Waals surface area contributed by atoms with E-state index in [4.69, 9.17) is 5.73 Å². The Morgan fingerprint density at radius 2 is 2.09 bits per heavy atom. The number of hydrogen-bond donors (Lipinski definition) is 1. The molecule has 0 heterocycles. The van der Waals surface area contributed by atoms with Crippen LogP contribution in [0, 0.1) is 5.92 Å². The van der Waals surface area contributed by atoms with Crippen molar-refractivity contribution in [2.24, 2.45) is 11.7 Å². The van der Waals surface area contributed by atoms with E-state index in [9.17, 15) is 0 Å². The second kappa shape index (κ2) is 1.67. The van der Waals surface area contributed by atoms with Gasteiger partial charge in [0.2, 0.25) is 0 Å². The molecule has 0 radical (unpaired) electrons. The Morgan fingerprint density at radius 3 is 3.00 bits per heavy atom. The van der Waals surface area contributed by atoms with Crippen LogP contribution in [0.5, 0.6) is 0 Å². The first-order valence-electron chi connectivity index (χ1n) is 4.21. The second-order valence-corrected chi connectivity index (χ2v) is 3.67. The molecule has 0 aromatic heterocycles. The van der Waals surface area contributed by atoms with Crippen LogP contribution < -0.4 is 5.73 Å². The highest BCUT2D eigenvalue weighted by Crippen LogP contribution is 2.54. The number of rotatable bonds is 0. The Bertz CT molecular complexity index is 305. The monoisotopic (exact) mass is 145 g/mol. The van der Waals surface area contributed by atoms with Crippen LogP contribution in [0.1, 0.15) is 17.0 Å². The van der Waals surface area contributed by atoms with Crippen LogP contribution >= 0.6 is 0 Å².